The molecule has 2 fully saturated rings. The molecule has 8 heteroatoms. The van der Waals surface area contributed by atoms with E-state index in [1.165, 1.54) is 0 Å². The lowest BCUT2D eigenvalue weighted by atomic mass is 10.1. The second kappa shape index (κ2) is 7.02. The molecule has 4 heterocycles. The van der Waals surface area contributed by atoms with Crippen LogP contribution in [0.5, 0.6) is 0 Å². The molecule has 2 aliphatic rings. The highest BCUT2D eigenvalue weighted by Gasteiger charge is 2.39. The van der Waals surface area contributed by atoms with Crippen molar-refractivity contribution in [1.29, 1.82) is 10.5 Å². The van der Waals surface area contributed by atoms with Crippen LogP contribution < -0.4 is 4.90 Å². The number of anilines is 1. The molecule has 0 bridgehead atoms. The summed E-state index contributed by atoms with van der Waals surface area (Å²) in [5.74, 6) is 0.555. The smallest absolute Gasteiger partial charge is 0.247 e. The predicted octanol–water partition coefficient (Wildman–Crippen LogP) is 0.829. The minimum atomic E-state index is -0.316. The van der Waals surface area contributed by atoms with Crippen molar-refractivity contribution in [2.75, 3.05) is 37.6 Å². The van der Waals surface area contributed by atoms with Crippen molar-refractivity contribution in [1.82, 2.24) is 19.8 Å². The van der Waals surface area contributed by atoms with Crippen molar-refractivity contribution >= 4 is 11.7 Å². The summed E-state index contributed by atoms with van der Waals surface area (Å²) >= 11 is 0. The van der Waals surface area contributed by atoms with E-state index in [2.05, 4.69) is 21.1 Å². The number of amides is 1. The molecular formula is C19H17N7O. The van der Waals surface area contributed by atoms with Crippen molar-refractivity contribution in [3.63, 3.8) is 0 Å². The van der Waals surface area contributed by atoms with E-state index in [0.29, 0.717) is 31.1 Å². The monoisotopic (exact) mass is 359 g/mol. The van der Waals surface area contributed by atoms with Gasteiger partial charge in [-0.1, -0.05) is 0 Å². The zero-order chi connectivity index (χ0) is 18.8. The highest BCUT2D eigenvalue weighted by molar-refractivity contribution is 5.98. The zero-order valence-corrected chi connectivity index (χ0v) is 14.6. The van der Waals surface area contributed by atoms with E-state index in [1.54, 1.807) is 28.3 Å². The van der Waals surface area contributed by atoms with Crippen LogP contribution in [0.3, 0.4) is 0 Å². The fourth-order valence-corrected chi connectivity index (χ4v) is 3.58. The van der Waals surface area contributed by atoms with Crippen molar-refractivity contribution in [3.05, 3.63) is 42.4 Å². The number of pyridine rings is 2. The Morgan fingerprint density at radius 3 is 2.52 bits per heavy atom. The molecule has 2 aromatic rings. The minimum absolute atomic E-state index is 0.0294. The van der Waals surface area contributed by atoms with Crippen LogP contribution in [0, 0.1) is 22.8 Å². The Morgan fingerprint density at radius 1 is 1.00 bits per heavy atom. The summed E-state index contributed by atoms with van der Waals surface area (Å²) in [6, 6.07) is 8.96. The van der Waals surface area contributed by atoms with Gasteiger partial charge in [0.2, 0.25) is 5.91 Å². The third-order valence-corrected chi connectivity index (χ3v) is 5.02. The molecule has 0 aliphatic carbocycles. The zero-order valence-electron chi connectivity index (χ0n) is 14.6. The van der Waals surface area contributed by atoms with Crippen molar-refractivity contribution in [3.8, 4) is 23.4 Å². The molecule has 2 saturated heterocycles. The van der Waals surface area contributed by atoms with Gasteiger partial charge in [0, 0.05) is 38.6 Å². The van der Waals surface area contributed by atoms with E-state index >= 15 is 0 Å². The number of piperazine rings is 2. The van der Waals surface area contributed by atoms with Gasteiger partial charge in [-0.25, -0.2) is 9.97 Å². The number of hydrogen-bond acceptors (Lipinski definition) is 7. The average molecular weight is 359 g/mol. The molecule has 27 heavy (non-hydrogen) atoms. The molecular weight excluding hydrogens is 342 g/mol. The van der Waals surface area contributed by atoms with Gasteiger partial charge in [0.1, 0.15) is 23.6 Å². The van der Waals surface area contributed by atoms with Crippen LogP contribution in [0.4, 0.5) is 5.82 Å². The lowest BCUT2D eigenvalue weighted by Gasteiger charge is -2.44. The second-order valence-corrected chi connectivity index (χ2v) is 6.53. The van der Waals surface area contributed by atoms with Crippen LogP contribution in [-0.2, 0) is 4.79 Å². The van der Waals surface area contributed by atoms with E-state index in [1.807, 2.05) is 24.3 Å². The highest BCUT2D eigenvalue weighted by atomic mass is 16.2. The Morgan fingerprint density at radius 2 is 1.74 bits per heavy atom. The number of hydrogen-bond donors (Lipinski definition) is 0. The standard InChI is InChI=1S/C19H17N7O/c20-11-16-9-14(1-3-22-16)15-2-4-23-18(10-15)26-8-7-25-6-5-24(13-21)12-17(25)19(26)27/h1-4,9-10,17H,5-8,12H2/t17-/m1/s1. The third kappa shape index (κ3) is 3.19. The Balaban J connectivity index is 1.61. The number of carbonyl (C=O) groups excluding carboxylic acids is 1. The van der Waals surface area contributed by atoms with E-state index in [4.69, 9.17) is 10.5 Å². The van der Waals surface area contributed by atoms with Crippen LogP contribution in [0.15, 0.2) is 36.7 Å². The summed E-state index contributed by atoms with van der Waals surface area (Å²) in [5, 5.41) is 18.2. The summed E-state index contributed by atoms with van der Waals surface area (Å²) in [6.45, 7) is 3.13. The maximum atomic E-state index is 13.0. The van der Waals surface area contributed by atoms with Crippen molar-refractivity contribution < 1.29 is 4.79 Å². The molecule has 4 rings (SSSR count). The molecule has 8 nitrogen and oxygen atoms in total. The number of aromatic nitrogens is 2. The van der Waals surface area contributed by atoms with Gasteiger partial charge < -0.3 is 4.90 Å². The molecule has 0 radical (unpaired) electrons. The van der Waals surface area contributed by atoms with Gasteiger partial charge in [0.05, 0.1) is 6.54 Å². The first-order valence-electron chi connectivity index (χ1n) is 8.72. The Hall–Kier alpha value is -3.49. The van der Waals surface area contributed by atoms with Crippen molar-refractivity contribution in [2.45, 2.75) is 6.04 Å². The van der Waals surface area contributed by atoms with Gasteiger partial charge in [-0.2, -0.15) is 10.5 Å². The molecule has 2 aliphatic heterocycles. The average Bonchev–Trinajstić information content (AvgIpc) is 2.74. The number of nitrogens with zero attached hydrogens (tertiary/aromatic N) is 7. The molecule has 0 N–H and O–H groups in total. The van der Waals surface area contributed by atoms with Crippen LogP contribution >= 0.6 is 0 Å². The minimum Gasteiger partial charge on any atom is -0.307 e. The van der Waals surface area contributed by atoms with E-state index in [0.717, 1.165) is 24.2 Å². The molecule has 0 spiro atoms. The largest absolute Gasteiger partial charge is 0.307 e. The summed E-state index contributed by atoms with van der Waals surface area (Å²) in [5.41, 5.74) is 2.07. The van der Waals surface area contributed by atoms with Crippen LogP contribution in [0.1, 0.15) is 5.69 Å². The summed E-state index contributed by atoms with van der Waals surface area (Å²) in [7, 11) is 0. The fourth-order valence-electron chi connectivity index (χ4n) is 3.58. The van der Waals surface area contributed by atoms with Crippen LogP contribution in [0.25, 0.3) is 11.1 Å². The molecule has 1 atom stereocenters. The quantitative estimate of drug-likeness (QED) is 0.732. The maximum Gasteiger partial charge on any atom is 0.247 e. The first-order valence-corrected chi connectivity index (χ1v) is 8.72. The van der Waals surface area contributed by atoms with Gasteiger partial charge in [-0.15, -0.1) is 0 Å². The summed E-state index contributed by atoms with van der Waals surface area (Å²) in [6.07, 6.45) is 5.40. The molecule has 1 amide bonds. The van der Waals surface area contributed by atoms with Gasteiger partial charge >= 0.3 is 0 Å². The van der Waals surface area contributed by atoms with E-state index in [-0.39, 0.29) is 11.9 Å². The molecule has 0 aromatic carbocycles. The Labute approximate surface area is 156 Å². The number of rotatable bonds is 2. The second-order valence-electron chi connectivity index (χ2n) is 6.53. The SMILES string of the molecule is N#Cc1cc(-c2ccnc(N3CCN4CCN(C#N)C[C@@H]4C3=O)c2)ccn1. The van der Waals surface area contributed by atoms with Gasteiger partial charge in [0.25, 0.3) is 0 Å². The molecule has 2 aromatic heterocycles. The predicted molar refractivity (Wildman–Crippen MR) is 97.1 cm³/mol. The molecule has 0 unspecified atom stereocenters. The third-order valence-electron chi connectivity index (χ3n) is 5.02. The maximum absolute atomic E-state index is 13.0. The summed E-state index contributed by atoms with van der Waals surface area (Å²) < 4.78 is 0. The van der Waals surface area contributed by atoms with Gasteiger partial charge in [-0.3, -0.25) is 14.6 Å². The van der Waals surface area contributed by atoms with E-state index < -0.39 is 0 Å². The highest BCUT2D eigenvalue weighted by Crippen LogP contribution is 2.26. The van der Waals surface area contributed by atoms with Crippen LogP contribution in [-0.4, -0.2) is 64.4 Å². The van der Waals surface area contributed by atoms with Crippen LogP contribution in [0.2, 0.25) is 0 Å². The van der Waals surface area contributed by atoms with Crippen molar-refractivity contribution in [2.24, 2.45) is 0 Å². The normalized spacial score (nSPS) is 19.9. The van der Waals surface area contributed by atoms with E-state index in [9.17, 15) is 4.79 Å². The van der Waals surface area contributed by atoms with Gasteiger partial charge in [0.15, 0.2) is 6.19 Å². The first-order chi connectivity index (χ1) is 13.2. The topological polar surface area (TPSA) is 100 Å². The summed E-state index contributed by atoms with van der Waals surface area (Å²) in [4.78, 5) is 26.9. The molecule has 0 saturated carbocycles. The number of carbonyl (C=O) groups is 1. The number of fused-ring (bicyclic) bond motifs is 1. The number of nitriles is 2. The lowest BCUT2D eigenvalue weighted by molar-refractivity contribution is -0.127. The molecule has 134 valence electrons. The Kier molecular flexibility index (Phi) is 4.41. The fraction of sp³-hybridized carbons (Fsp3) is 0.316. The van der Waals surface area contributed by atoms with Gasteiger partial charge in [-0.05, 0) is 35.4 Å². The Bertz CT molecular complexity index is 961. The first kappa shape index (κ1) is 17.0. The lowest BCUT2D eigenvalue weighted by Crippen LogP contribution is -2.64.